The lowest BCUT2D eigenvalue weighted by Gasteiger charge is -2.31. The van der Waals surface area contributed by atoms with Crippen molar-refractivity contribution in [2.24, 2.45) is 11.7 Å². The van der Waals surface area contributed by atoms with Crippen LogP contribution in [0.3, 0.4) is 0 Å². The molecule has 1 unspecified atom stereocenters. The van der Waals surface area contributed by atoms with Gasteiger partial charge >= 0.3 is 6.18 Å². The molecule has 1 aromatic heterocycles. The van der Waals surface area contributed by atoms with Crippen LogP contribution in [0.1, 0.15) is 57.1 Å². The summed E-state index contributed by atoms with van der Waals surface area (Å²) in [4.78, 5) is 28.0. The summed E-state index contributed by atoms with van der Waals surface area (Å²) in [7, 11) is 0. The lowest BCUT2D eigenvalue weighted by Crippen LogP contribution is -2.44. The Bertz CT molecular complexity index is 747. The second kappa shape index (κ2) is 9.67. The van der Waals surface area contributed by atoms with Crippen LogP contribution in [0.25, 0.3) is 0 Å². The van der Waals surface area contributed by atoms with Gasteiger partial charge in [0.05, 0.1) is 18.5 Å². The lowest BCUT2D eigenvalue weighted by atomic mass is 9.82. The van der Waals surface area contributed by atoms with Crippen molar-refractivity contribution < 1.29 is 31.5 Å². The van der Waals surface area contributed by atoms with Crippen LogP contribution in [0.5, 0.6) is 0 Å². The summed E-state index contributed by atoms with van der Waals surface area (Å²) in [6.07, 6.45) is -5.26. The zero-order valence-electron chi connectivity index (χ0n) is 16.4. The number of anilines is 1. The number of rotatable bonds is 7. The number of nitrogens with one attached hydrogen (secondary N) is 2. The number of alkyl halides is 5. The third kappa shape index (κ3) is 7.51. The summed E-state index contributed by atoms with van der Waals surface area (Å²) in [5.41, 5.74) is 6.45. The largest absolute Gasteiger partial charge is 0.389 e. The molecule has 2 amide bonds. The molecule has 1 aliphatic rings. The van der Waals surface area contributed by atoms with Gasteiger partial charge in [-0.05, 0) is 43.4 Å². The van der Waals surface area contributed by atoms with Crippen LogP contribution >= 0.6 is 0 Å². The Morgan fingerprint density at radius 2 is 1.93 bits per heavy atom. The molecule has 1 fully saturated rings. The number of pyridine rings is 1. The quantitative estimate of drug-likeness (QED) is 0.568. The fourth-order valence-corrected chi connectivity index (χ4v) is 3.28. The van der Waals surface area contributed by atoms with E-state index in [0.29, 0.717) is 5.56 Å². The van der Waals surface area contributed by atoms with Crippen LogP contribution in [-0.4, -0.2) is 34.9 Å². The van der Waals surface area contributed by atoms with E-state index in [1.165, 1.54) is 12.3 Å². The molecule has 1 aromatic rings. The smallest absolute Gasteiger partial charge is 0.350 e. The first-order valence-corrected chi connectivity index (χ1v) is 9.63. The summed E-state index contributed by atoms with van der Waals surface area (Å²) in [5, 5.41) is 4.99. The predicted molar refractivity (Wildman–Crippen MR) is 99.6 cm³/mol. The van der Waals surface area contributed by atoms with Crippen LogP contribution in [0.4, 0.5) is 27.8 Å². The number of carbonyl (C=O) groups is 2. The highest BCUT2D eigenvalue weighted by atomic mass is 19.4. The fraction of sp³-hybridized carbons (Fsp3) is 0.632. The van der Waals surface area contributed by atoms with E-state index < -0.39 is 48.8 Å². The van der Waals surface area contributed by atoms with E-state index in [2.05, 4.69) is 15.6 Å². The van der Waals surface area contributed by atoms with Crippen LogP contribution in [0, 0.1) is 5.92 Å². The summed E-state index contributed by atoms with van der Waals surface area (Å²) < 4.78 is 63.2. The molecule has 1 heterocycles. The molecule has 168 valence electrons. The van der Waals surface area contributed by atoms with E-state index in [9.17, 15) is 31.5 Å². The maximum absolute atomic E-state index is 13.3. The third-order valence-electron chi connectivity index (χ3n) is 5.12. The highest BCUT2D eigenvalue weighted by Crippen LogP contribution is 2.37. The average Bonchev–Trinajstić information content (AvgIpc) is 2.65. The van der Waals surface area contributed by atoms with Crippen molar-refractivity contribution in [3.05, 3.63) is 23.9 Å². The Hall–Kier alpha value is -2.30. The van der Waals surface area contributed by atoms with Crippen molar-refractivity contribution in [3.8, 4) is 0 Å². The van der Waals surface area contributed by atoms with Gasteiger partial charge in [-0.3, -0.25) is 9.59 Å². The lowest BCUT2D eigenvalue weighted by molar-refractivity contribution is -0.144. The minimum atomic E-state index is -4.41. The zero-order valence-corrected chi connectivity index (χ0v) is 16.4. The minimum absolute atomic E-state index is 0.144. The monoisotopic (exact) mass is 436 g/mol. The molecule has 4 N–H and O–H groups in total. The van der Waals surface area contributed by atoms with Crippen LogP contribution in [-0.2, 0) is 9.59 Å². The molecule has 1 aliphatic carbocycles. The molecule has 2 atom stereocenters. The number of nitrogens with zero attached hydrogens (tertiary/aromatic N) is 1. The van der Waals surface area contributed by atoms with Gasteiger partial charge in [-0.25, -0.2) is 13.8 Å². The first-order valence-electron chi connectivity index (χ1n) is 9.63. The maximum atomic E-state index is 13.3. The van der Waals surface area contributed by atoms with Crippen molar-refractivity contribution in [1.29, 1.82) is 0 Å². The van der Waals surface area contributed by atoms with Gasteiger partial charge in [-0.1, -0.05) is 0 Å². The van der Waals surface area contributed by atoms with E-state index >= 15 is 0 Å². The SMILES string of the molecule is C[C@@H](NC(=O)CCC(F)(F)F)c1ccnc(NC(=O)C(N)C2CCC(F)(F)CC2)c1. The highest BCUT2D eigenvalue weighted by molar-refractivity contribution is 5.94. The number of carbonyl (C=O) groups excluding carboxylic acids is 2. The van der Waals surface area contributed by atoms with Crippen LogP contribution in [0.15, 0.2) is 18.3 Å². The summed E-state index contributed by atoms with van der Waals surface area (Å²) in [5.74, 6) is -4.25. The topological polar surface area (TPSA) is 97.1 Å². The van der Waals surface area contributed by atoms with Crippen molar-refractivity contribution in [3.63, 3.8) is 0 Å². The third-order valence-corrected chi connectivity index (χ3v) is 5.12. The van der Waals surface area contributed by atoms with Crippen LogP contribution in [0.2, 0.25) is 0 Å². The van der Waals surface area contributed by atoms with Gasteiger partial charge in [0.1, 0.15) is 5.82 Å². The Labute approximate surface area is 170 Å². The zero-order chi connectivity index (χ0) is 22.5. The normalized spacial score (nSPS) is 19.0. The molecule has 0 spiro atoms. The van der Waals surface area contributed by atoms with Crippen LogP contribution < -0.4 is 16.4 Å². The molecule has 6 nitrogen and oxygen atoms in total. The van der Waals surface area contributed by atoms with Crippen molar-refractivity contribution in [2.75, 3.05) is 5.32 Å². The highest BCUT2D eigenvalue weighted by Gasteiger charge is 2.38. The first kappa shape index (κ1) is 24.0. The maximum Gasteiger partial charge on any atom is 0.389 e. The molecule has 0 saturated heterocycles. The van der Waals surface area contributed by atoms with Crippen molar-refractivity contribution in [1.82, 2.24) is 10.3 Å². The second-order valence-electron chi connectivity index (χ2n) is 7.59. The Morgan fingerprint density at radius 3 is 2.53 bits per heavy atom. The van der Waals surface area contributed by atoms with Gasteiger partial charge in [-0.15, -0.1) is 0 Å². The summed E-state index contributed by atoms with van der Waals surface area (Å²) in [6.45, 7) is 1.58. The number of hydrogen-bond acceptors (Lipinski definition) is 4. The van der Waals surface area contributed by atoms with Gasteiger partial charge in [0.25, 0.3) is 0 Å². The molecule has 0 aliphatic heterocycles. The molecule has 1 saturated carbocycles. The predicted octanol–water partition coefficient (Wildman–Crippen LogP) is 3.69. The molecular weight excluding hydrogens is 411 g/mol. The minimum Gasteiger partial charge on any atom is -0.350 e. The first-order chi connectivity index (χ1) is 13.9. The number of amides is 2. The van der Waals surface area contributed by atoms with Gasteiger partial charge in [0, 0.05) is 25.5 Å². The number of aromatic nitrogens is 1. The molecule has 0 aromatic carbocycles. The van der Waals surface area contributed by atoms with E-state index in [1.54, 1.807) is 13.0 Å². The van der Waals surface area contributed by atoms with Gasteiger partial charge < -0.3 is 16.4 Å². The van der Waals surface area contributed by atoms with Crippen molar-refractivity contribution >= 4 is 17.6 Å². The number of halogens is 5. The standard InChI is InChI=1S/C19H25F5N4O2/c1-11(27-15(29)4-8-19(22,23)24)13-5-9-26-14(10-13)28-17(30)16(25)12-2-6-18(20,21)7-3-12/h5,9-12,16H,2-4,6-8,25H2,1H3,(H,27,29)(H,26,28,30)/t11-,16?/m1/s1. The number of hydrogen-bond donors (Lipinski definition) is 3. The van der Waals surface area contributed by atoms with Gasteiger partial charge in [0.2, 0.25) is 17.7 Å². The molecule has 0 radical (unpaired) electrons. The average molecular weight is 436 g/mol. The summed E-state index contributed by atoms with van der Waals surface area (Å²) >= 11 is 0. The van der Waals surface area contributed by atoms with E-state index in [4.69, 9.17) is 5.73 Å². The fourth-order valence-electron chi connectivity index (χ4n) is 3.28. The van der Waals surface area contributed by atoms with E-state index in [1.807, 2.05) is 0 Å². The summed E-state index contributed by atoms with van der Waals surface area (Å²) in [6, 6.07) is 1.44. The molecule has 0 bridgehead atoms. The second-order valence-corrected chi connectivity index (χ2v) is 7.59. The Balaban J connectivity index is 1.91. The molecule has 30 heavy (non-hydrogen) atoms. The van der Waals surface area contributed by atoms with Crippen molar-refractivity contribution in [2.45, 2.75) is 69.6 Å². The molecular formula is C19H25F5N4O2. The molecule has 2 rings (SSSR count). The number of nitrogens with two attached hydrogens (primary N) is 1. The van der Waals surface area contributed by atoms with Gasteiger partial charge in [-0.2, -0.15) is 13.2 Å². The van der Waals surface area contributed by atoms with E-state index in [-0.39, 0.29) is 37.4 Å². The Kier molecular flexibility index (Phi) is 7.73. The van der Waals surface area contributed by atoms with E-state index in [0.717, 1.165) is 0 Å². The molecule has 11 heteroatoms. The Morgan fingerprint density at radius 1 is 1.30 bits per heavy atom. The van der Waals surface area contributed by atoms with Gasteiger partial charge in [0.15, 0.2) is 0 Å².